The first-order valence-electron chi connectivity index (χ1n) is 6.24. The summed E-state index contributed by atoms with van der Waals surface area (Å²) in [5, 5.41) is 4.05. The second kappa shape index (κ2) is 5.91. The molecular formula is C14H20ClNO2. The lowest BCUT2D eigenvalue weighted by Gasteiger charge is -2.27. The van der Waals surface area contributed by atoms with E-state index in [1.807, 2.05) is 25.2 Å². The molecule has 18 heavy (non-hydrogen) atoms. The molecule has 0 radical (unpaired) electrons. The summed E-state index contributed by atoms with van der Waals surface area (Å²) in [4.78, 5) is 0. The van der Waals surface area contributed by atoms with Crippen molar-refractivity contribution < 1.29 is 9.47 Å². The molecule has 2 atom stereocenters. The van der Waals surface area contributed by atoms with Crippen molar-refractivity contribution in [1.82, 2.24) is 5.32 Å². The van der Waals surface area contributed by atoms with Crippen molar-refractivity contribution in [3.05, 3.63) is 28.8 Å². The van der Waals surface area contributed by atoms with Crippen LogP contribution < -0.4 is 10.1 Å². The summed E-state index contributed by atoms with van der Waals surface area (Å²) in [5.74, 6) is 1.48. The average Bonchev–Trinajstić information content (AvgIpc) is 3.20. The Balaban J connectivity index is 2.33. The summed E-state index contributed by atoms with van der Waals surface area (Å²) >= 11 is 6.09. The Kier molecular flexibility index (Phi) is 4.49. The van der Waals surface area contributed by atoms with Gasteiger partial charge < -0.3 is 14.8 Å². The van der Waals surface area contributed by atoms with Crippen LogP contribution in [0, 0.1) is 5.92 Å². The van der Waals surface area contributed by atoms with E-state index in [0.29, 0.717) is 5.92 Å². The van der Waals surface area contributed by atoms with Gasteiger partial charge >= 0.3 is 0 Å². The molecule has 0 saturated heterocycles. The fraction of sp³-hybridized carbons (Fsp3) is 0.571. The maximum absolute atomic E-state index is 6.09. The first kappa shape index (κ1) is 13.7. The normalized spacial score (nSPS) is 18.4. The third kappa shape index (κ3) is 2.79. The summed E-state index contributed by atoms with van der Waals surface area (Å²) < 4.78 is 11.1. The molecule has 1 aromatic rings. The van der Waals surface area contributed by atoms with Crippen LogP contribution in [0.5, 0.6) is 5.75 Å². The topological polar surface area (TPSA) is 30.5 Å². The summed E-state index contributed by atoms with van der Waals surface area (Å²) in [6.07, 6.45) is 2.64. The molecule has 3 nitrogen and oxygen atoms in total. The highest BCUT2D eigenvalue weighted by atomic mass is 35.5. The van der Waals surface area contributed by atoms with Gasteiger partial charge in [0.2, 0.25) is 0 Å². The first-order valence-corrected chi connectivity index (χ1v) is 6.62. The van der Waals surface area contributed by atoms with Crippen molar-refractivity contribution in [3.8, 4) is 5.75 Å². The molecule has 0 aliphatic heterocycles. The van der Waals surface area contributed by atoms with E-state index in [4.69, 9.17) is 21.1 Å². The van der Waals surface area contributed by atoms with E-state index in [9.17, 15) is 0 Å². The van der Waals surface area contributed by atoms with Crippen LogP contribution >= 0.6 is 11.6 Å². The van der Waals surface area contributed by atoms with Gasteiger partial charge in [0.05, 0.1) is 19.3 Å². The van der Waals surface area contributed by atoms with Gasteiger partial charge in [0.1, 0.15) is 5.75 Å². The largest absolute Gasteiger partial charge is 0.496 e. The average molecular weight is 270 g/mol. The number of benzene rings is 1. The minimum atomic E-state index is 0.108. The van der Waals surface area contributed by atoms with Gasteiger partial charge in [0.25, 0.3) is 0 Å². The van der Waals surface area contributed by atoms with Crippen molar-refractivity contribution in [3.63, 3.8) is 0 Å². The zero-order valence-corrected chi connectivity index (χ0v) is 11.8. The van der Waals surface area contributed by atoms with E-state index in [-0.39, 0.29) is 12.1 Å². The lowest BCUT2D eigenvalue weighted by Crippen LogP contribution is -2.32. The maximum Gasteiger partial charge on any atom is 0.123 e. The lowest BCUT2D eigenvalue weighted by atomic mass is 9.97. The number of ether oxygens (including phenoxy) is 2. The molecule has 4 heteroatoms. The van der Waals surface area contributed by atoms with Gasteiger partial charge in [-0.3, -0.25) is 0 Å². The van der Waals surface area contributed by atoms with Crippen molar-refractivity contribution in [2.45, 2.75) is 25.0 Å². The van der Waals surface area contributed by atoms with Crippen molar-refractivity contribution in [1.29, 1.82) is 0 Å². The van der Waals surface area contributed by atoms with Gasteiger partial charge in [-0.1, -0.05) is 11.6 Å². The van der Waals surface area contributed by atoms with E-state index in [1.165, 1.54) is 12.8 Å². The van der Waals surface area contributed by atoms with Crippen molar-refractivity contribution in [2.24, 2.45) is 5.92 Å². The fourth-order valence-electron chi connectivity index (χ4n) is 2.47. The summed E-state index contributed by atoms with van der Waals surface area (Å²) in [5.41, 5.74) is 1.06. The van der Waals surface area contributed by atoms with Gasteiger partial charge in [-0.25, -0.2) is 0 Å². The Hall–Kier alpha value is -0.770. The molecule has 0 bridgehead atoms. The molecule has 1 N–H and O–H groups in total. The quantitative estimate of drug-likeness (QED) is 0.861. The SMILES string of the molecule is CNC(c1cc(Cl)ccc1OC)C(OC)C1CC1. The molecule has 1 saturated carbocycles. The summed E-state index contributed by atoms with van der Waals surface area (Å²) in [6, 6.07) is 5.81. The number of hydrogen-bond acceptors (Lipinski definition) is 3. The molecule has 0 amide bonds. The number of rotatable bonds is 6. The zero-order chi connectivity index (χ0) is 13.1. The van der Waals surface area contributed by atoms with E-state index in [2.05, 4.69) is 5.32 Å². The smallest absolute Gasteiger partial charge is 0.123 e. The predicted molar refractivity (Wildman–Crippen MR) is 73.3 cm³/mol. The molecule has 1 fully saturated rings. The molecule has 1 aliphatic carbocycles. The zero-order valence-electron chi connectivity index (χ0n) is 11.1. The molecule has 0 aromatic heterocycles. The Bertz CT molecular complexity index is 407. The minimum Gasteiger partial charge on any atom is -0.496 e. The van der Waals surface area contributed by atoms with Gasteiger partial charge in [-0.15, -0.1) is 0 Å². The van der Waals surface area contributed by atoms with Crippen LogP contribution in [0.1, 0.15) is 24.4 Å². The Labute approximate surface area is 113 Å². The summed E-state index contributed by atoms with van der Waals surface area (Å²) in [7, 11) is 5.39. The highest BCUT2D eigenvalue weighted by Crippen LogP contribution is 2.41. The van der Waals surface area contributed by atoms with Gasteiger partial charge in [-0.05, 0) is 44.0 Å². The van der Waals surface area contributed by atoms with E-state index in [0.717, 1.165) is 16.3 Å². The Morgan fingerprint density at radius 2 is 2.06 bits per heavy atom. The van der Waals surface area contributed by atoms with Gasteiger partial charge in [0, 0.05) is 17.7 Å². The first-order chi connectivity index (χ1) is 8.71. The number of methoxy groups -OCH3 is 2. The maximum atomic E-state index is 6.09. The molecular weight excluding hydrogens is 250 g/mol. The van der Waals surface area contributed by atoms with E-state index in [1.54, 1.807) is 14.2 Å². The van der Waals surface area contributed by atoms with Crippen LogP contribution in [0.3, 0.4) is 0 Å². The molecule has 100 valence electrons. The number of hydrogen-bond donors (Lipinski definition) is 1. The van der Waals surface area contributed by atoms with Crippen LogP contribution in [0.15, 0.2) is 18.2 Å². The third-order valence-corrected chi connectivity index (χ3v) is 3.76. The Morgan fingerprint density at radius 3 is 2.56 bits per heavy atom. The van der Waals surface area contributed by atoms with Crippen molar-refractivity contribution in [2.75, 3.05) is 21.3 Å². The lowest BCUT2D eigenvalue weighted by molar-refractivity contribution is 0.0523. The molecule has 2 rings (SSSR count). The second-order valence-corrected chi connectivity index (χ2v) is 5.13. The standard InChI is InChI=1S/C14H20ClNO2/c1-16-13(14(18-3)9-4-5-9)11-8-10(15)6-7-12(11)17-2/h6-9,13-14,16H,4-5H2,1-3H3. The van der Waals surface area contributed by atoms with E-state index >= 15 is 0 Å². The van der Waals surface area contributed by atoms with Crippen molar-refractivity contribution >= 4 is 11.6 Å². The second-order valence-electron chi connectivity index (χ2n) is 4.69. The number of likely N-dealkylation sites (N-methyl/N-ethyl adjacent to an activating group) is 1. The van der Waals surface area contributed by atoms with Crippen LogP contribution in [0.4, 0.5) is 0 Å². The third-order valence-electron chi connectivity index (χ3n) is 3.53. The van der Waals surface area contributed by atoms with Crippen LogP contribution in [0.2, 0.25) is 5.02 Å². The molecule has 1 aromatic carbocycles. The van der Waals surface area contributed by atoms with Crippen LogP contribution in [-0.2, 0) is 4.74 Å². The monoisotopic (exact) mass is 269 g/mol. The molecule has 0 spiro atoms. The van der Waals surface area contributed by atoms with Crippen LogP contribution in [-0.4, -0.2) is 27.4 Å². The molecule has 1 aliphatic rings. The number of halogens is 1. The van der Waals surface area contributed by atoms with Gasteiger partial charge in [0.15, 0.2) is 0 Å². The summed E-state index contributed by atoms with van der Waals surface area (Å²) in [6.45, 7) is 0. The molecule has 2 unspecified atom stereocenters. The van der Waals surface area contributed by atoms with Crippen LogP contribution in [0.25, 0.3) is 0 Å². The minimum absolute atomic E-state index is 0.108. The van der Waals surface area contributed by atoms with Gasteiger partial charge in [-0.2, -0.15) is 0 Å². The predicted octanol–water partition coefficient (Wildman–Crippen LogP) is 3.03. The highest BCUT2D eigenvalue weighted by molar-refractivity contribution is 6.30. The molecule has 0 heterocycles. The number of nitrogens with one attached hydrogen (secondary N) is 1. The van der Waals surface area contributed by atoms with E-state index < -0.39 is 0 Å². The Morgan fingerprint density at radius 1 is 1.33 bits per heavy atom. The highest BCUT2D eigenvalue weighted by Gasteiger charge is 2.37. The fourth-order valence-corrected chi connectivity index (χ4v) is 2.65.